The first-order valence-corrected chi connectivity index (χ1v) is 5.71. The highest BCUT2D eigenvalue weighted by Crippen LogP contribution is 2.22. The molecule has 102 valence electrons. The maximum absolute atomic E-state index is 12.8. The zero-order chi connectivity index (χ0) is 13.7. The summed E-state index contributed by atoms with van der Waals surface area (Å²) in [5.74, 6) is -3.57. The molecule has 0 aliphatic carbocycles. The Kier molecular flexibility index (Phi) is 12.5. The molecule has 0 amide bonds. The third-order valence-corrected chi connectivity index (χ3v) is 1.75. The highest BCUT2D eigenvalue weighted by Gasteiger charge is 2.23. The predicted octanol–water partition coefficient (Wildman–Crippen LogP) is 3.23. The van der Waals surface area contributed by atoms with Gasteiger partial charge in [0.25, 0.3) is 11.9 Å². The molecule has 0 atom stereocenters. The van der Waals surface area contributed by atoms with Gasteiger partial charge in [0.1, 0.15) is 0 Å². The maximum Gasteiger partial charge on any atom is 0.300 e. The molecule has 0 fully saturated rings. The third kappa shape index (κ3) is 21.0. The first-order valence-electron chi connectivity index (χ1n) is 5.71. The van der Waals surface area contributed by atoms with Crippen molar-refractivity contribution in [1.82, 2.24) is 0 Å². The summed E-state index contributed by atoms with van der Waals surface area (Å²) in [5, 5.41) is 15.8. The van der Waals surface area contributed by atoms with Crippen LogP contribution < -0.4 is 0 Å². The zero-order valence-corrected chi connectivity index (χ0v) is 10.5. The van der Waals surface area contributed by atoms with E-state index < -0.39 is 11.9 Å². The van der Waals surface area contributed by atoms with Gasteiger partial charge in [0.15, 0.2) is 0 Å². The maximum atomic E-state index is 12.8. The fraction of sp³-hybridized carbons (Fsp3) is 0.750. The number of carbonyl (C=O) groups is 1. The lowest BCUT2D eigenvalue weighted by Gasteiger charge is -2.09. The summed E-state index contributed by atoms with van der Waals surface area (Å²) in [5.41, 5.74) is 0. The van der Waals surface area contributed by atoms with E-state index in [1.54, 1.807) is 0 Å². The van der Waals surface area contributed by atoms with Crippen molar-refractivity contribution in [2.75, 3.05) is 6.61 Å². The van der Waals surface area contributed by atoms with Crippen LogP contribution in [-0.2, 0) is 4.79 Å². The third-order valence-electron chi connectivity index (χ3n) is 1.75. The summed E-state index contributed by atoms with van der Waals surface area (Å²) in [7, 11) is 0. The van der Waals surface area contributed by atoms with Gasteiger partial charge in [-0.15, -0.1) is 0 Å². The molecule has 5 heteroatoms. The lowest BCUT2D eigenvalue weighted by atomic mass is 10.1. The molecule has 0 unspecified atom stereocenters. The lowest BCUT2D eigenvalue weighted by Crippen LogP contribution is -2.12. The average molecular weight is 252 g/mol. The average Bonchev–Trinajstić information content (AvgIpc) is 2.21. The molecule has 3 nitrogen and oxygen atoms in total. The van der Waals surface area contributed by atoms with E-state index in [4.69, 9.17) is 15.0 Å². The van der Waals surface area contributed by atoms with Crippen LogP contribution in [0.15, 0.2) is 12.2 Å². The fourth-order valence-corrected chi connectivity index (χ4v) is 0.976. The molecule has 0 saturated carbocycles. The quantitative estimate of drug-likeness (QED) is 0.540. The van der Waals surface area contributed by atoms with Crippen LogP contribution in [0.1, 0.15) is 46.0 Å². The molecular weight excluding hydrogens is 230 g/mol. The van der Waals surface area contributed by atoms with Crippen LogP contribution in [0.2, 0.25) is 0 Å². The van der Waals surface area contributed by atoms with Crippen molar-refractivity contribution in [3.05, 3.63) is 12.2 Å². The Morgan fingerprint density at radius 3 is 2.29 bits per heavy atom. The number of hydrogen-bond acceptors (Lipinski definition) is 2. The van der Waals surface area contributed by atoms with Crippen LogP contribution in [-0.4, -0.2) is 28.7 Å². The highest BCUT2D eigenvalue weighted by molar-refractivity contribution is 5.62. The monoisotopic (exact) mass is 252 g/mol. The van der Waals surface area contributed by atoms with Crippen LogP contribution in [0.25, 0.3) is 0 Å². The van der Waals surface area contributed by atoms with Gasteiger partial charge in [0.05, 0.1) is 0 Å². The molecule has 0 aromatic rings. The van der Waals surface area contributed by atoms with E-state index in [-0.39, 0.29) is 19.4 Å². The van der Waals surface area contributed by atoms with E-state index in [0.29, 0.717) is 6.42 Å². The Balaban J connectivity index is 0. The van der Waals surface area contributed by atoms with Crippen molar-refractivity contribution in [1.29, 1.82) is 0 Å². The summed E-state index contributed by atoms with van der Waals surface area (Å²) < 4.78 is 25.7. The van der Waals surface area contributed by atoms with Crippen molar-refractivity contribution in [2.24, 2.45) is 0 Å². The van der Waals surface area contributed by atoms with Gasteiger partial charge in [-0.1, -0.05) is 25.8 Å². The molecule has 0 rings (SSSR count). The van der Waals surface area contributed by atoms with Gasteiger partial charge in [-0.25, -0.2) is 8.78 Å². The predicted molar refractivity (Wildman–Crippen MR) is 63.2 cm³/mol. The number of carboxylic acid groups (broad SMARTS) is 1. The Hall–Kier alpha value is -0.970. The van der Waals surface area contributed by atoms with Gasteiger partial charge in [0, 0.05) is 20.0 Å². The van der Waals surface area contributed by atoms with Crippen molar-refractivity contribution in [3.8, 4) is 0 Å². The molecule has 0 heterocycles. The normalized spacial score (nSPS) is 11.1. The van der Waals surface area contributed by atoms with E-state index in [9.17, 15) is 8.78 Å². The van der Waals surface area contributed by atoms with Gasteiger partial charge >= 0.3 is 0 Å². The first-order chi connectivity index (χ1) is 7.85. The van der Waals surface area contributed by atoms with Crippen molar-refractivity contribution < 1.29 is 23.8 Å². The SMILES string of the molecule is CC(=O)O.CCCCC=CC(F)(F)CCCO. The first kappa shape index (κ1) is 18.4. The van der Waals surface area contributed by atoms with Crippen LogP contribution in [0.3, 0.4) is 0 Å². The summed E-state index contributed by atoms with van der Waals surface area (Å²) >= 11 is 0. The minimum Gasteiger partial charge on any atom is -0.481 e. The standard InChI is InChI=1S/C10H18F2O.C2H4O2/c1-2-3-4-5-7-10(11,12)8-6-9-13;1-2(3)4/h5,7,13H,2-4,6,8-9H2,1H3;1H3,(H,3,4). The molecule has 0 saturated heterocycles. The summed E-state index contributed by atoms with van der Waals surface area (Å²) in [6.45, 7) is 2.94. The van der Waals surface area contributed by atoms with Gasteiger partial charge in [0.2, 0.25) is 0 Å². The number of carboxylic acids is 1. The molecule has 0 spiro atoms. The zero-order valence-electron chi connectivity index (χ0n) is 10.5. The molecule has 0 aliphatic heterocycles. The van der Waals surface area contributed by atoms with Gasteiger partial charge in [-0.05, 0) is 18.9 Å². The van der Waals surface area contributed by atoms with E-state index in [2.05, 4.69) is 0 Å². The number of halogens is 2. The van der Waals surface area contributed by atoms with Crippen LogP contribution in [0, 0.1) is 0 Å². The number of rotatable bonds is 7. The molecule has 0 aromatic heterocycles. The van der Waals surface area contributed by atoms with Crippen molar-refractivity contribution >= 4 is 5.97 Å². The summed E-state index contributed by atoms with van der Waals surface area (Å²) in [6.07, 6.45) is 5.07. The minimum absolute atomic E-state index is 0.158. The molecule has 2 N–H and O–H groups in total. The number of alkyl halides is 2. The Morgan fingerprint density at radius 1 is 1.35 bits per heavy atom. The van der Waals surface area contributed by atoms with E-state index >= 15 is 0 Å². The van der Waals surface area contributed by atoms with E-state index in [1.165, 1.54) is 6.08 Å². The second kappa shape index (κ2) is 11.5. The molecule has 0 radical (unpaired) electrons. The van der Waals surface area contributed by atoms with Crippen LogP contribution in [0.4, 0.5) is 8.78 Å². The number of unbranched alkanes of at least 4 members (excludes halogenated alkanes) is 2. The van der Waals surface area contributed by atoms with Crippen LogP contribution >= 0.6 is 0 Å². The van der Waals surface area contributed by atoms with Gasteiger partial charge < -0.3 is 10.2 Å². The number of aliphatic hydroxyl groups excluding tert-OH is 1. The molecule has 17 heavy (non-hydrogen) atoms. The Morgan fingerprint density at radius 2 is 1.88 bits per heavy atom. The lowest BCUT2D eigenvalue weighted by molar-refractivity contribution is -0.134. The smallest absolute Gasteiger partial charge is 0.300 e. The molecule has 0 aliphatic rings. The highest BCUT2D eigenvalue weighted by atomic mass is 19.3. The van der Waals surface area contributed by atoms with E-state index in [0.717, 1.165) is 25.8 Å². The second-order valence-corrected chi connectivity index (χ2v) is 3.65. The largest absolute Gasteiger partial charge is 0.481 e. The van der Waals surface area contributed by atoms with Crippen molar-refractivity contribution in [3.63, 3.8) is 0 Å². The Labute approximate surface area is 101 Å². The number of aliphatic hydroxyl groups is 1. The van der Waals surface area contributed by atoms with Crippen LogP contribution in [0.5, 0.6) is 0 Å². The number of allylic oxidation sites excluding steroid dienone is 2. The summed E-state index contributed by atoms with van der Waals surface area (Å²) in [4.78, 5) is 9.00. The summed E-state index contributed by atoms with van der Waals surface area (Å²) in [6, 6.07) is 0. The van der Waals surface area contributed by atoms with E-state index in [1.807, 2.05) is 6.92 Å². The topological polar surface area (TPSA) is 57.5 Å². The minimum atomic E-state index is -2.74. The molecular formula is C12H22F2O3. The second-order valence-electron chi connectivity index (χ2n) is 3.65. The Bertz CT molecular complexity index is 212. The number of aliphatic carboxylic acids is 1. The molecule has 0 aromatic carbocycles. The molecule has 0 bridgehead atoms. The number of hydrogen-bond donors (Lipinski definition) is 2. The fourth-order valence-electron chi connectivity index (χ4n) is 0.976. The van der Waals surface area contributed by atoms with Gasteiger partial charge in [-0.2, -0.15) is 0 Å². The van der Waals surface area contributed by atoms with Gasteiger partial charge in [-0.3, -0.25) is 4.79 Å². The van der Waals surface area contributed by atoms with Crippen molar-refractivity contribution in [2.45, 2.75) is 51.9 Å².